The van der Waals surface area contributed by atoms with E-state index in [2.05, 4.69) is 17.6 Å². The summed E-state index contributed by atoms with van der Waals surface area (Å²) in [4.78, 5) is 11.7. The topological polar surface area (TPSA) is 50.4 Å². The molecule has 0 saturated heterocycles. The van der Waals surface area contributed by atoms with E-state index < -0.39 is 11.7 Å². The Bertz CT molecular complexity index is 474. The van der Waals surface area contributed by atoms with E-state index in [0.29, 0.717) is 6.04 Å². The Morgan fingerprint density at radius 1 is 1.25 bits per heavy atom. The summed E-state index contributed by atoms with van der Waals surface area (Å²) in [7, 11) is 0. The first-order chi connectivity index (χ1) is 9.32. The Kier molecular flexibility index (Phi) is 4.21. The van der Waals surface area contributed by atoms with Crippen molar-refractivity contribution in [3.8, 4) is 0 Å². The molecule has 1 fully saturated rings. The molecule has 4 nitrogen and oxygen atoms in total. The number of carbonyl (C=O) groups is 1. The molecule has 1 aromatic carbocycles. The van der Waals surface area contributed by atoms with Crippen molar-refractivity contribution < 1.29 is 9.53 Å². The zero-order chi connectivity index (χ0) is 14.8. The Balaban J connectivity index is 1.90. The quantitative estimate of drug-likeness (QED) is 0.868. The maximum atomic E-state index is 11.7. The minimum absolute atomic E-state index is 0.424. The van der Waals surface area contributed by atoms with Crippen LogP contribution in [0.25, 0.3) is 0 Å². The summed E-state index contributed by atoms with van der Waals surface area (Å²) in [6.45, 7) is 7.81. The van der Waals surface area contributed by atoms with Crippen LogP contribution in [0.15, 0.2) is 24.3 Å². The van der Waals surface area contributed by atoms with Crippen LogP contribution in [0.2, 0.25) is 0 Å². The summed E-state index contributed by atoms with van der Waals surface area (Å²) in [5.74, 6) is 0.815. The van der Waals surface area contributed by atoms with Crippen LogP contribution in [-0.4, -0.2) is 17.7 Å². The monoisotopic (exact) mass is 276 g/mol. The Morgan fingerprint density at radius 3 is 2.50 bits per heavy atom. The molecule has 0 bridgehead atoms. The highest BCUT2D eigenvalue weighted by molar-refractivity contribution is 5.85. The smallest absolute Gasteiger partial charge is 0.412 e. The van der Waals surface area contributed by atoms with E-state index in [-0.39, 0.29) is 0 Å². The molecule has 2 N–H and O–H groups in total. The van der Waals surface area contributed by atoms with Gasteiger partial charge in [-0.25, -0.2) is 4.79 Å². The molecular formula is C16H24N2O2. The summed E-state index contributed by atoms with van der Waals surface area (Å²) in [6.07, 6.45) is 2.00. The van der Waals surface area contributed by atoms with Gasteiger partial charge >= 0.3 is 6.09 Å². The number of amides is 1. The zero-order valence-corrected chi connectivity index (χ0v) is 12.7. The van der Waals surface area contributed by atoms with Crippen LogP contribution in [0.3, 0.4) is 0 Å². The van der Waals surface area contributed by atoms with Crippen LogP contribution in [0, 0.1) is 5.92 Å². The first-order valence-electron chi connectivity index (χ1n) is 7.18. The average molecular weight is 276 g/mol. The van der Waals surface area contributed by atoms with E-state index in [1.54, 1.807) is 0 Å². The van der Waals surface area contributed by atoms with Crippen molar-refractivity contribution in [2.45, 2.75) is 52.2 Å². The van der Waals surface area contributed by atoms with E-state index in [1.807, 2.05) is 45.0 Å². The van der Waals surface area contributed by atoms with Crippen molar-refractivity contribution in [3.63, 3.8) is 0 Å². The first-order valence-corrected chi connectivity index (χ1v) is 7.18. The van der Waals surface area contributed by atoms with Crippen molar-refractivity contribution in [1.82, 2.24) is 0 Å². The third-order valence-electron chi connectivity index (χ3n) is 3.25. The highest BCUT2D eigenvalue weighted by atomic mass is 16.6. The number of anilines is 2. The maximum Gasteiger partial charge on any atom is 0.412 e. The number of hydrogen-bond acceptors (Lipinski definition) is 3. The second-order valence-electron chi connectivity index (χ2n) is 6.63. The molecule has 0 unspecified atom stereocenters. The molecule has 1 aliphatic carbocycles. The van der Waals surface area contributed by atoms with Crippen molar-refractivity contribution in [1.29, 1.82) is 0 Å². The molecule has 0 atom stereocenters. The van der Waals surface area contributed by atoms with E-state index in [0.717, 1.165) is 17.3 Å². The van der Waals surface area contributed by atoms with Crippen LogP contribution in [-0.2, 0) is 4.74 Å². The fourth-order valence-corrected chi connectivity index (χ4v) is 2.36. The maximum absolute atomic E-state index is 11.7. The van der Waals surface area contributed by atoms with Gasteiger partial charge in [-0.2, -0.15) is 0 Å². The van der Waals surface area contributed by atoms with E-state index >= 15 is 0 Å². The molecule has 1 aromatic rings. The predicted molar refractivity (Wildman–Crippen MR) is 82.1 cm³/mol. The van der Waals surface area contributed by atoms with Gasteiger partial charge in [-0.05, 0) is 57.7 Å². The molecule has 1 saturated carbocycles. The second kappa shape index (κ2) is 5.73. The SMILES string of the molecule is CC1CC(Nc2cccc(NC(=O)OC(C)(C)C)c2)C1. The zero-order valence-electron chi connectivity index (χ0n) is 12.7. The molecule has 20 heavy (non-hydrogen) atoms. The summed E-state index contributed by atoms with van der Waals surface area (Å²) in [5, 5.41) is 6.23. The Morgan fingerprint density at radius 2 is 1.90 bits per heavy atom. The van der Waals surface area contributed by atoms with Gasteiger partial charge in [0, 0.05) is 17.4 Å². The molecule has 0 heterocycles. The third kappa shape index (κ3) is 4.44. The van der Waals surface area contributed by atoms with Gasteiger partial charge in [0.05, 0.1) is 0 Å². The molecule has 0 spiro atoms. The lowest BCUT2D eigenvalue weighted by atomic mass is 9.82. The number of nitrogens with one attached hydrogen (secondary N) is 2. The number of ether oxygens (including phenoxy) is 1. The van der Waals surface area contributed by atoms with Crippen LogP contribution < -0.4 is 10.6 Å². The van der Waals surface area contributed by atoms with Crippen LogP contribution in [0.1, 0.15) is 40.5 Å². The minimum Gasteiger partial charge on any atom is -0.444 e. The molecule has 4 heteroatoms. The van der Waals surface area contributed by atoms with Crippen LogP contribution >= 0.6 is 0 Å². The summed E-state index contributed by atoms with van der Waals surface area (Å²) in [6, 6.07) is 8.30. The fraction of sp³-hybridized carbons (Fsp3) is 0.562. The van der Waals surface area contributed by atoms with Gasteiger partial charge in [0.1, 0.15) is 5.60 Å². The summed E-state index contributed by atoms with van der Waals surface area (Å²) < 4.78 is 5.24. The largest absolute Gasteiger partial charge is 0.444 e. The van der Waals surface area contributed by atoms with Crippen molar-refractivity contribution in [2.24, 2.45) is 5.92 Å². The molecule has 110 valence electrons. The molecule has 0 aliphatic heterocycles. The molecule has 0 aromatic heterocycles. The first kappa shape index (κ1) is 14.7. The van der Waals surface area contributed by atoms with Gasteiger partial charge in [-0.1, -0.05) is 13.0 Å². The molecule has 2 rings (SSSR count). The predicted octanol–water partition coefficient (Wildman–Crippen LogP) is 4.24. The van der Waals surface area contributed by atoms with Gasteiger partial charge in [-0.15, -0.1) is 0 Å². The van der Waals surface area contributed by atoms with Gasteiger partial charge < -0.3 is 10.1 Å². The molecule has 0 radical (unpaired) electrons. The average Bonchev–Trinajstić information content (AvgIpc) is 2.24. The number of carbonyl (C=O) groups excluding carboxylic acids is 1. The van der Waals surface area contributed by atoms with E-state index in [4.69, 9.17) is 4.74 Å². The lowest BCUT2D eigenvalue weighted by Crippen LogP contribution is -2.33. The summed E-state index contributed by atoms with van der Waals surface area (Å²) in [5.41, 5.74) is 1.30. The van der Waals surface area contributed by atoms with Gasteiger partial charge in [0.15, 0.2) is 0 Å². The number of hydrogen-bond donors (Lipinski definition) is 2. The van der Waals surface area contributed by atoms with E-state index in [1.165, 1.54) is 12.8 Å². The van der Waals surface area contributed by atoms with Gasteiger partial charge in [0.2, 0.25) is 0 Å². The lowest BCUT2D eigenvalue weighted by Gasteiger charge is -2.34. The van der Waals surface area contributed by atoms with Crippen LogP contribution in [0.4, 0.5) is 16.2 Å². The highest BCUT2D eigenvalue weighted by Gasteiger charge is 2.24. The van der Waals surface area contributed by atoms with E-state index in [9.17, 15) is 4.79 Å². The molecular weight excluding hydrogens is 252 g/mol. The number of benzene rings is 1. The van der Waals surface area contributed by atoms with Crippen molar-refractivity contribution in [2.75, 3.05) is 10.6 Å². The normalized spacial score (nSPS) is 21.8. The van der Waals surface area contributed by atoms with Gasteiger partial charge in [0.25, 0.3) is 0 Å². The van der Waals surface area contributed by atoms with Crippen molar-refractivity contribution in [3.05, 3.63) is 24.3 Å². The van der Waals surface area contributed by atoms with Crippen LogP contribution in [0.5, 0.6) is 0 Å². The Labute approximate surface area is 120 Å². The minimum atomic E-state index is -0.484. The standard InChI is InChI=1S/C16H24N2O2/c1-11-8-14(9-11)17-12-6-5-7-13(10-12)18-15(19)20-16(2,3)4/h5-7,10-11,14,17H,8-9H2,1-4H3,(H,18,19). The lowest BCUT2D eigenvalue weighted by molar-refractivity contribution is 0.0636. The fourth-order valence-electron chi connectivity index (χ4n) is 2.36. The van der Waals surface area contributed by atoms with Crippen molar-refractivity contribution >= 4 is 17.5 Å². The Hall–Kier alpha value is -1.71. The molecule has 1 aliphatic rings. The summed E-state index contributed by atoms with van der Waals surface area (Å²) >= 11 is 0. The number of rotatable bonds is 3. The second-order valence-corrected chi connectivity index (χ2v) is 6.63. The molecule has 1 amide bonds. The highest BCUT2D eigenvalue weighted by Crippen LogP contribution is 2.30. The third-order valence-corrected chi connectivity index (χ3v) is 3.25. The van der Waals surface area contributed by atoms with Gasteiger partial charge in [-0.3, -0.25) is 5.32 Å².